The van der Waals surface area contributed by atoms with Crippen molar-refractivity contribution in [3.8, 4) is 5.75 Å². The second kappa shape index (κ2) is 6.98. The first-order valence-corrected chi connectivity index (χ1v) is 8.37. The molecule has 0 aliphatic heterocycles. The Morgan fingerprint density at radius 3 is 2.29 bits per heavy atom. The van der Waals surface area contributed by atoms with E-state index in [1.807, 2.05) is 0 Å². The number of benzene rings is 2. The number of carbonyl (C=O) groups excluding carboxylic acids is 1. The van der Waals surface area contributed by atoms with E-state index in [-0.39, 0.29) is 16.2 Å². The van der Waals surface area contributed by atoms with Crippen molar-refractivity contribution in [1.82, 2.24) is 4.31 Å². The number of hydrogen-bond acceptors (Lipinski definition) is 4. The highest BCUT2D eigenvalue weighted by Gasteiger charge is 2.17. The smallest absolute Gasteiger partial charge is 0.259 e. The van der Waals surface area contributed by atoms with E-state index in [2.05, 4.69) is 5.32 Å². The number of ether oxygens (including phenoxy) is 1. The average molecular weight is 352 g/mol. The van der Waals surface area contributed by atoms with Crippen molar-refractivity contribution in [2.45, 2.75) is 4.90 Å². The van der Waals surface area contributed by atoms with Crippen LogP contribution < -0.4 is 10.1 Å². The molecule has 0 unspecified atom stereocenters. The van der Waals surface area contributed by atoms with Gasteiger partial charge < -0.3 is 10.1 Å². The molecule has 0 saturated heterocycles. The van der Waals surface area contributed by atoms with E-state index >= 15 is 0 Å². The highest BCUT2D eigenvalue weighted by molar-refractivity contribution is 7.89. The van der Waals surface area contributed by atoms with Crippen LogP contribution in [0.25, 0.3) is 0 Å². The van der Waals surface area contributed by atoms with Crippen LogP contribution in [0.4, 0.5) is 10.1 Å². The number of halogens is 1. The quantitative estimate of drug-likeness (QED) is 0.896. The molecule has 0 saturated carbocycles. The van der Waals surface area contributed by atoms with Gasteiger partial charge in [-0.3, -0.25) is 4.79 Å². The molecule has 0 atom stereocenters. The molecule has 2 aromatic rings. The third kappa shape index (κ3) is 3.72. The average Bonchev–Trinajstić information content (AvgIpc) is 2.55. The van der Waals surface area contributed by atoms with Crippen LogP contribution in [0.15, 0.2) is 47.4 Å². The first-order valence-electron chi connectivity index (χ1n) is 6.93. The first kappa shape index (κ1) is 17.9. The maximum Gasteiger partial charge on any atom is 0.259 e. The van der Waals surface area contributed by atoms with Gasteiger partial charge in [-0.2, -0.15) is 0 Å². The van der Waals surface area contributed by atoms with E-state index in [0.29, 0.717) is 5.69 Å². The molecule has 8 heteroatoms. The van der Waals surface area contributed by atoms with Crippen LogP contribution in [-0.4, -0.2) is 39.8 Å². The molecule has 0 heterocycles. The molecule has 0 spiro atoms. The molecule has 0 aromatic heterocycles. The van der Waals surface area contributed by atoms with Crippen LogP contribution in [0.1, 0.15) is 10.4 Å². The second-order valence-corrected chi connectivity index (χ2v) is 7.26. The Morgan fingerprint density at radius 2 is 1.75 bits per heavy atom. The Kier molecular flexibility index (Phi) is 5.20. The van der Waals surface area contributed by atoms with Crippen molar-refractivity contribution in [3.05, 3.63) is 53.8 Å². The molecule has 1 amide bonds. The van der Waals surface area contributed by atoms with Gasteiger partial charge >= 0.3 is 0 Å². The minimum atomic E-state index is -3.54. The second-order valence-electron chi connectivity index (χ2n) is 5.11. The fraction of sp³-hybridized carbons (Fsp3) is 0.188. The predicted molar refractivity (Wildman–Crippen MR) is 88.2 cm³/mol. The molecule has 0 bridgehead atoms. The first-order chi connectivity index (χ1) is 11.3. The van der Waals surface area contributed by atoms with Crippen LogP contribution in [-0.2, 0) is 10.0 Å². The highest BCUT2D eigenvalue weighted by atomic mass is 32.2. The summed E-state index contributed by atoms with van der Waals surface area (Å²) in [5, 5.41) is 2.57. The fourth-order valence-corrected chi connectivity index (χ4v) is 2.88. The molecule has 0 radical (unpaired) electrons. The zero-order valence-corrected chi connectivity index (χ0v) is 14.2. The summed E-state index contributed by atoms with van der Waals surface area (Å²) in [6.45, 7) is 0. The van der Waals surface area contributed by atoms with Gasteiger partial charge in [-0.05, 0) is 42.5 Å². The Morgan fingerprint density at radius 1 is 1.12 bits per heavy atom. The topological polar surface area (TPSA) is 75.7 Å². The summed E-state index contributed by atoms with van der Waals surface area (Å²) in [6, 6.07) is 9.30. The van der Waals surface area contributed by atoms with E-state index in [0.717, 1.165) is 10.4 Å². The summed E-state index contributed by atoms with van der Waals surface area (Å²) in [4.78, 5) is 12.4. The number of rotatable bonds is 5. The summed E-state index contributed by atoms with van der Waals surface area (Å²) in [5.74, 6) is -0.886. The molecule has 128 valence electrons. The summed E-state index contributed by atoms with van der Waals surface area (Å²) >= 11 is 0. The van der Waals surface area contributed by atoms with E-state index < -0.39 is 21.7 Å². The lowest BCUT2D eigenvalue weighted by Gasteiger charge is -2.12. The summed E-state index contributed by atoms with van der Waals surface area (Å²) in [5.41, 5.74) is 0.423. The maximum atomic E-state index is 13.3. The summed E-state index contributed by atoms with van der Waals surface area (Å²) < 4.78 is 43.4. The molecule has 6 nitrogen and oxygen atoms in total. The molecule has 0 aliphatic carbocycles. The molecule has 0 aliphatic rings. The van der Waals surface area contributed by atoms with Crippen LogP contribution in [0.5, 0.6) is 5.75 Å². The van der Waals surface area contributed by atoms with Gasteiger partial charge in [-0.1, -0.05) is 0 Å². The fourth-order valence-electron chi connectivity index (χ4n) is 1.98. The predicted octanol–water partition coefficient (Wildman–Crippen LogP) is 2.34. The number of nitrogens with zero attached hydrogens (tertiary/aromatic N) is 1. The lowest BCUT2D eigenvalue weighted by atomic mass is 10.1. The van der Waals surface area contributed by atoms with Crippen LogP contribution in [0.3, 0.4) is 0 Å². The van der Waals surface area contributed by atoms with E-state index in [9.17, 15) is 17.6 Å². The zero-order chi connectivity index (χ0) is 17.9. The number of nitrogens with one attached hydrogen (secondary N) is 1. The van der Waals surface area contributed by atoms with Crippen LogP contribution >= 0.6 is 0 Å². The highest BCUT2D eigenvalue weighted by Crippen LogP contribution is 2.22. The van der Waals surface area contributed by atoms with Gasteiger partial charge in [0, 0.05) is 19.8 Å². The van der Waals surface area contributed by atoms with Gasteiger partial charge in [0.25, 0.3) is 5.91 Å². The third-order valence-electron chi connectivity index (χ3n) is 3.30. The van der Waals surface area contributed by atoms with Gasteiger partial charge in [-0.15, -0.1) is 0 Å². The van der Waals surface area contributed by atoms with Gasteiger partial charge in [-0.25, -0.2) is 17.1 Å². The lowest BCUT2D eigenvalue weighted by Crippen LogP contribution is -2.22. The molecule has 0 fully saturated rings. The molecule has 2 aromatic carbocycles. The minimum absolute atomic E-state index is 0.0440. The Bertz CT molecular complexity index is 849. The molecular formula is C16H17FN2O4S. The number of sulfonamides is 1. The van der Waals surface area contributed by atoms with Gasteiger partial charge in [0.05, 0.1) is 17.6 Å². The van der Waals surface area contributed by atoms with Crippen molar-refractivity contribution in [3.63, 3.8) is 0 Å². The Hall–Kier alpha value is -2.45. The number of amides is 1. The van der Waals surface area contributed by atoms with Crippen molar-refractivity contribution >= 4 is 21.6 Å². The molecule has 2 rings (SSSR count). The molecule has 1 N–H and O–H groups in total. The van der Waals surface area contributed by atoms with Crippen molar-refractivity contribution in [2.75, 3.05) is 26.5 Å². The Labute approximate surface area is 139 Å². The van der Waals surface area contributed by atoms with E-state index in [4.69, 9.17) is 4.74 Å². The zero-order valence-electron chi connectivity index (χ0n) is 13.4. The normalized spacial score (nSPS) is 11.4. The number of methoxy groups -OCH3 is 1. The van der Waals surface area contributed by atoms with Gasteiger partial charge in [0.2, 0.25) is 10.0 Å². The molecule has 24 heavy (non-hydrogen) atoms. The van der Waals surface area contributed by atoms with Crippen molar-refractivity contribution in [1.29, 1.82) is 0 Å². The number of carbonyl (C=O) groups is 1. The summed E-state index contributed by atoms with van der Waals surface area (Å²) in [7, 11) is 0.704. The summed E-state index contributed by atoms with van der Waals surface area (Å²) in [6.07, 6.45) is 0. The molecular weight excluding hydrogens is 335 g/mol. The Balaban J connectivity index is 2.23. The van der Waals surface area contributed by atoms with Crippen LogP contribution in [0.2, 0.25) is 0 Å². The van der Waals surface area contributed by atoms with E-state index in [1.165, 1.54) is 57.6 Å². The van der Waals surface area contributed by atoms with Crippen LogP contribution in [0, 0.1) is 5.82 Å². The SMILES string of the molecule is COc1ccc(F)cc1C(=O)Nc1ccc(S(=O)(=O)N(C)C)cc1. The van der Waals surface area contributed by atoms with Crippen molar-refractivity contribution in [2.24, 2.45) is 0 Å². The standard InChI is InChI=1S/C16H17FN2O4S/c1-19(2)24(21,22)13-7-5-12(6-8-13)18-16(20)14-10-11(17)4-9-15(14)23-3/h4-10H,1-3H3,(H,18,20). The number of hydrogen-bond donors (Lipinski definition) is 1. The minimum Gasteiger partial charge on any atom is -0.496 e. The third-order valence-corrected chi connectivity index (χ3v) is 5.13. The van der Waals surface area contributed by atoms with Crippen molar-refractivity contribution < 1.29 is 22.3 Å². The lowest BCUT2D eigenvalue weighted by molar-refractivity contribution is 0.102. The largest absolute Gasteiger partial charge is 0.496 e. The van der Waals surface area contributed by atoms with Gasteiger partial charge in [0.15, 0.2) is 0 Å². The van der Waals surface area contributed by atoms with E-state index in [1.54, 1.807) is 0 Å². The number of anilines is 1. The van der Waals surface area contributed by atoms with Gasteiger partial charge in [0.1, 0.15) is 11.6 Å². The monoisotopic (exact) mass is 352 g/mol. The maximum absolute atomic E-state index is 13.3.